The molecule has 24 heavy (non-hydrogen) atoms. The summed E-state index contributed by atoms with van der Waals surface area (Å²) in [6.45, 7) is 6.02. The number of likely N-dealkylation sites (tertiary alicyclic amines) is 1. The van der Waals surface area contributed by atoms with Gasteiger partial charge in [-0.05, 0) is 43.9 Å². The topological polar surface area (TPSA) is 58.6 Å². The third kappa shape index (κ3) is 5.55. The van der Waals surface area contributed by atoms with E-state index in [1.165, 1.54) is 0 Å². The second-order valence-electron chi connectivity index (χ2n) is 6.23. The Morgan fingerprint density at radius 3 is 2.42 bits per heavy atom. The van der Waals surface area contributed by atoms with E-state index in [4.69, 9.17) is 4.74 Å². The number of ether oxygens (including phenoxy) is 1. The molecule has 2 amide bonds. The molecule has 1 aromatic carbocycles. The van der Waals surface area contributed by atoms with Gasteiger partial charge in [0.2, 0.25) is 11.8 Å². The largest absolute Gasteiger partial charge is 0.494 e. The molecule has 0 bridgehead atoms. The number of rotatable bonds is 7. The first-order valence-corrected chi connectivity index (χ1v) is 8.91. The van der Waals surface area contributed by atoms with Gasteiger partial charge in [-0.15, -0.1) is 0 Å². The van der Waals surface area contributed by atoms with E-state index in [0.29, 0.717) is 32.5 Å². The molecule has 1 aliphatic heterocycles. The number of hydrogen-bond acceptors (Lipinski definition) is 3. The van der Waals surface area contributed by atoms with Crippen molar-refractivity contribution in [2.45, 2.75) is 52.0 Å². The molecule has 1 heterocycles. The lowest BCUT2D eigenvalue weighted by atomic mass is 10.0. The van der Waals surface area contributed by atoms with Gasteiger partial charge in [0, 0.05) is 25.6 Å². The van der Waals surface area contributed by atoms with Gasteiger partial charge in [0.05, 0.1) is 13.0 Å². The molecule has 1 aliphatic rings. The van der Waals surface area contributed by atoms with Crippen LogP contribution in [-0.4, -0.2) is 42.5 Å². The van der Waals surface area contributed by atoms with Crippen LogP contribution in [0.2, 0.25) is 0 Å². The average Bonchev–Trinajstić information content (AvgIpc) is 2.57. The Bertz CT molecular complexity index is 534. The van der Waals surface area contributed by atoms with E-state index in [2.05, 4.69) is 5.32 Å². The molecule has 0 unspecified atom stereocenters. The Hall–Kier alpha value is -2.04. The summed E-state index contributed by atoms with van der Waals surface area (Å²) in [6, 6.07) is 7.91. The molecular weight excluding hydrogens is 304 g/mol. The fourth-order valence-corrected chi connectivity index (χ4v) is 2.96. The van der Waals surface area contributed by atoms with Crippen molar-refractivity contribution < 1.29 is 14.3 Å². The third-order valence-electron chi connectivity index (χ3n) is 4.28. The highest BCUT2D eigenvalue weighted by Gasteiger charge is 2.23. The van der Waals surface area contributed by atoms with Crippen LogP contribution in [0.1, 0.15) is 45.1 Å². The zero-order chi connectivity index (χ0) is 17.4. The quantitative estimate of drug-likeness (QED) is 0.835. The van der Waals surface area contributed by atoms with Crippen molar-refractivity contribution in [1.29, 1.82) is 0 Å². The molecule has 1 N–H and O–H groups in total. The molecule has 1 fully saturated rings. The fourth-order valence-electron chi connectivity index (χ4n) is 2.96. The molecule has 0 saturated carbocycles. The van der Waals surface area contributed by atoms with Crippen molar-refractivity contribution in [3.8, 4) is 5.75 Å². The first-order valence-electron chi connectivity index (χ1n) is 8.91. The van der Waals surface area contributed by atoms with Crippen molar-refractivity contribution in [2.24, 2.45) is 0 Å². The van der Waals surface area contributed by atoms with E-state index in [0.717, 1.165) is 30.6 Å². The molecule has 1 aromatic rings. The van der Waals surface area contributed by atoms with Crippen LogP contribution >= 0.6 is 0 Å². The van der Waals surface area contributed by atoms with Crippen molar-refractivity contribution in [3.63, 3.8) is 0 Å². The molecule has 0 radical (unpaired) electrons. The number of nitrogens with zero attached hydrogens (tertiary/aromatic N) is 1. The van der Waals surface area contributed by atoms with E-state index in [9.17, 15) is 9.59 Å². The number of benzene rings is 1. The Morgan fingerprint density at radius 2 is 1.83 bits per heavy atom. The molecule has 0 aliphatic carbocycles. The molecule has 0 spiro atoms. The minimum absolute atomic E-state index is 0.122. The number of piperidine rings is 1. The highest BCUT2D eigenvalue weighted by atomic mass is 16.5. The molecule has 2 rings (SSSR count). The number of nitrogens with one attached hydrogen (secondary N) is 1. The standard InChI is InChI=1S/C19H28N2O3/c1-3-5-18(22)20-16-10-12-21(13-11-16)19(23)14-15-6-8-17(9-7-15)24-4-2/h6-9,16H,3-5,10-14H2,1-2H3,(H,20,22). The second kappa shape index (κ2) is 9.30. The van der Waals surface area contributed by atoms with Crippen molar-refractivity contribution in [3.05, 3.63) is 29.8 Å². The van der Waals surface area contributed by atoms with Crippen LogP contribution in [0.15, 0.2) is 24.3 Å². The molecular formula is C19H28N2O3. The number of carbonyl (C=O) groups is 2. The van der Waals surface area contributed by atoms with Crippen LogP contribution in [0.25, 0.3) is 0 Å². The molecule has 5 nitrogen and oxygen atoms in total. The summed E-state index contributed by atoms with van der Waals surface area (Å²) in [5.41, 5.74) is 1.00. The van der Waals surface area contributed by atoms with E-state index < -0.39 is 0 Å². The van der Waals surface area contributed by atoms with Crippen LogP contribution in [0.4, 0.5) is 0 Å². The molecule has 0 atom stereocenters. The molecule has 5 heteroatoms. The van der Waals surface area contributed by atoms with E-state index in [-0.39, 0.29) is 17.9 Å². The van der Waals surface area contributed by atoms with Gasteiger partial charge in [0.1, 0.15) is 5.75 Å². The lowest BCUT2D eigenvalue weighted by molar-refractivity contribution is -0.131. The summed E-state index contributed by atoms with van der Waals surface area (Å²) in [5.74, 6) is 1.10. The van der Waals surface area contributed by atoms with Gasteiger partial charge in [0.25, 0.3) is 0 Å². The van der Waals surface area contributed by atoms with Crippen LogP contribution in [0.3, 0.4) is 0 Å². The summed E-state index contributed by atoms with van der Waals surface area (Å²) < 4.78 is 5.41. The van der Waals surface area contributed by atoms with Gasteiger partial charge < -0.3 is 15.0 Å². The fraction of sp³-hybridized carbons (Fsp3) is 0.579. The Morgan fingerprint density at radius 1 is 1.17 bits per heavy atom. The second-order valence-corrected chi connectivity index (χ2v) is 6.23. The normalized spacial score (nSPS) is 15.2. The highest BCUT2D eigenvalue weighted by Crippen LogP contribution is 2.15. The van der Waals surface area contributed by atoms with Crippen molar-refractivity contribution in [2.75, 3.05) is 19.7 Å². The van der Waals surface area contributed by atoms with Crippen LogP contribution in [0.5, 0.6) is 5.75 Å². The summed E-state index contributed by atoms with van der Waals surface area (Å²) >= 11 is 0. The van der Waals surface area contributed by atoms with Crippen LogP contribution in [0, 0.1) is 0 Å². The maximum absolute atomic E-state index is 12.4. The van der Waals surface area contributed by atoms with Crippen molar-refractivity contribution >= 4 is 11.8 Å². The van der Waals surface area contributed by atoms with Crippen molar-refractivity contribution in [1.82, 2.24) is 10.2 Å². The van der Waals surface area contributed by atoms with Gasteiger partial charge in [-0.1, -0.05) is 19.1 Å². The van der Waals surface area contributed by atoms with E-state index in [1.807, 2.05) is 43.0 Å². The summed E-state index contributed by atoms with van der Waals surface area (Å²) in [4.78, 5) is 26.0. The Balaban J connectivity index is 1.77. The highest BCUT2D eigenvalue weighted by molar-refractivity contribution is 5.79. The Labute approximate surface area is 144 Å². The first-order chi connectivity index (χ1) is 11.6. The average molecular weight is 332 g/mol. The first kappa shape index (κ1) is 18.3. The number of amides is 2. The van der Waals surface area contributed by atoms with Gasteiger partial charge in [-0.2, -0.15) is 0 Å². The van der Waals surface area contributed by atoms with Crippen LogP contribution < -0.4 is 10.1 Å². The summed E-state index contributed by atoms with van der Waals surface area (Å²) in [6.07, 6.45) is 3.54. The molecule has 1 saturated heterocycles. The lowest BCUT2D eigenvalue weighted by Gasteiger charge is -2.32. The van der Waals surface area contributed by atoms with Crippen LogP contribution in [-0.2, 0) is 16.0 Å². The molecule has 0 aromatic heterocycles. The van der Waals surface area contributed by atoms with Gasteiger partial charge in [-0.3, -0.25) is 9.59 Å². The number of carbonyl (C=O) groups excluding carboxylic acids is 2. The summed E-state index contributed by atoms with van der Waals surface area (Å²) in [7, 11) is 0. The maximum atomic E-state index is 12.4. The summed E-state index contributed by atoms with van der Waals surface area (Å²) in [5, 5.41) is 3.06. The zero-order valence-corrected chi connectivity index (χ0v) is 14.7. The maximum Gasteiger partial charge on any atom is 0.226 e. The van der Waals surface area contributed by atoms with Gasteiger partial charge in [-0.25, -0.2) is 0 Å². The van der Waals surface area contributed by atoms with E-state index in [1.54, 1.807) is 0 Å². The smallest absolute Gasteiger partial charge is 0.226 e. The predicted octanol–water partition coefficient (Wildman–Crippen LogP) is 2.54. The SMILES string of the molecule is CCCC(=O)NC1CCN(C(=O)Cc2ccc(OCC)cc2)CC1. The molecule has 132 valence electrons. The predicted molar refractivity (Wildman–Crippen MR) is 94.0 cm³/mol. The monoisotopic (exact) mass is 332 g/mol. The van der Waals surface area contributed by atoms with Gasteiger partial charge >= 0.3 is 0 Å². The zero-order valence-electron chi connectivity index (χ0n) is 14.7. The third-order valence-corrected chi connectivity index (χ3v) is 4.28. The van der Waals surface area contributed by atoms with E-state index >= 15 is 0 Å². The lowest BCUT2D eigenvalue weighted by Crippen LogP contribution is -2.46. The van der Waals surface area contributed by atoms with Gasteiger partial charge in [0.15, 0.2) is 0 Å². The minimum Gasteiger partial charge on any atom is -0.494 e. The number of hydrogen-bond donors (Lipinski definition) is 1. The Kier molecular flexibility index (Phi) is 7.09. The minimum atomic E-state index is 0.122.